The summed E-state index contributed by atoms with van der Waals surface area (Å²) >= 11 is 0. The number of ketones is 1. The van der Waals surface area contributed by atoms with Crippen molar-refractivity contribution < 1.29 is 4.79 Å². The second kappa shape index (κ2) is 2.58. The van der Waals surface area contributed by atoms with E-state index in [9.17, 15) is 4.79 Å². The van der Waals surface area contributed by atoms with Crippen LogP contribution >= 0.6 is 0 Å². The summed E-state index contributed by atoms with van der Waals surface area (Å²) in [4.78, 5) is 11.8. The third kappa shape index (κ3) is 0.949. The molecule has 0 saturated heterocycles. The molecule has 1 rings (SSSR count). The van der Waals surface area contributed by atoms with Crippen LogP contribution in [0.2, 0.25) is 0 Å². The molecule has 0 aliphatic heterocycles. The Morgan fingerprint density at radius 3 is 2.08 bits per heavy atom. The van der Waals surface area contributed by atoms with Crippen LogP contribution in [-0.2, 0) is 4.79 Å². The van der Waals surface area contributed by atoms with E-state index >= 15 is 0 Å². The van der Waals surface area contributed by atoms with Crippen LogP contribution in [0.1, 0.15) is 47.5 Å². The van der Waals surface area contributed by atoms with Gasteiger partial charge < -0.3 is 0 Å². The maximum atomic E-state index is 11.8. The lowest BCUT2D eigenvalue weighted by atomic mass is 9.64. The molecule has 0 aromatic rings. The highest BCUT2D eigenvalue weighted by molar-refractivity contribution is 5.88. The molecular formula is C11H20O. The summed E-state index contributed by atoms with van der Waals surface area (Å²) in [5.41, 5.74) is 0.102. The van der Waals surface area contributed by atoms with Crippen LogP contribution in [0.25, 0.3) is 0 Å². The Balaban J connectivity index is 3.07. The van der Waals surface area contributed by atoms with E-state index < -0.39 is 0 Å². The molecule has 1 nitrogen and oxygen atoms in total. The first-order valence-corrected chi connectivity index (χ1v) is 4.89. The predicted octanol–water partition coefficient (Wildman–Crippen LogP) is 3.04. The first-order chi connectivity index (χ1) is 5.36. The van der Waals surface area contributed by atoms with E-state index in [1.807, 2.05) is 0 Å². The Bertz CT molecular complexity index is 205. The lowest BCUT2D eigenvalue weighted by molar-refractivity contribution is -0.128. The Kier molecular flexibility index (Phi) is 2.10. The van der Waals surface area contributed by atoms with E-state index in [2.05, 4.69) is 34.6 Å². The number of hydrogen-bond donors (Lipinski definition) is 0. The molecule has 1 aliphatic carbocycles. The van der Waals surface area contributed by atoms with Crippen molar-refractivity contribution in [2.75, 3.05) is 0 Å². The van der Waals surface area contributed by atoms with Gasteiger partial charge in [0.05, 0.1) is 0 Å². The molecule has 1 aliphatic rings. The quantitative estimate of drug-likeness (QED) is 0.588. The Labute approximate surface area is 75.5 Å². The smallest absolute Gasteiger partial charge is 0.139 e. The molecule has 70 valence electrons. The third-order valence-corrected chi connectivity index (χ3v) is 4.47. The van der Waals surface area contributed by atoms with Crippen molar-refractivity contribution in [3.63, 3.8) is 0 Å². The van der Waals surface area contributed by atoms with Crippen molar-refractivity contribution in [3.8, 4) is 0 Å². The van der Waals surface area contributed by atoms with Crippen LogP contribution in [0.4, 0.5) is 0 Å². The summed E-state index contributed by atoms with van der Waals surface area (Å²) in [5.74, 6) is 0.998. The van der Waals surface area contributed by atoms with Crippen molar-refractivity contribution in [2.45, 2.75) is 47.5 Å². The van der Waals surface area contributed by atoms with Gasteiger partial charge in [-0.05, 0) is 17.8 Å². The molecule has 0 spiro atoms. The number of hydrogen-bond acceptors (Lipinski definition) is 1. The Morgan fingerprint density at radius 1 is 1.42 bits per heavy atom. The fraction of sp³-hybridized carbons (Fsp3) is 0.909. The van der Waals surface area contributed by atoms with Crippen molar-refractivity contribution in [2.24, 2.45) is 16.7 Å². The molecule has 0 amide bonds. The molecule has 1 saturated carbocycles. The number of Topliss-reactive ketones (excluding diaryl/α,β-unsaturated/α-hetero) is 1. The standard InChI is InChI=1S/C11H20O/c1-6-11(5)9(12)7-8(2)10(11,3)4/h8H,6-7H2,1-5H3/t8-,11?/m1/s1. The lowest BCUT2D eigenvalue weighted by Gasteiger charge is -2.38. The van der Waals surface area contributed by atoms with Gasteiger partial charge in [-0.1, -0.05) is 34.6 Å². The van der Waals surface area contributed by atoms with E-state index in [0.717, 1.165) is 12.8 Å². The monoisotopic (exact) mass is 168 g/mol. The maximum absolute atomic E-state index is 11.8. The molecule has 1 unspecified atom stereocenters. The minimum Gasteiger partial charge on any atom is -0.299 e. The van der Waals surface area contributed by atoms with Crippen LogP contribution in [0, 0.1) is 16.7 Å². The highest BCUT2D eigenvalue weighted by atomic mass is 16.1. The summed E-state index contributed by atoms with van der Waals surface area (Å²) in [6.07, 6.45) is 1.75. The summed E-state index contributed by atoms with van der Waals surface area (Å²) in [6, 6.07) is 0. The van der Waals surface area contributed by atoms with Gasteiger partial charge in [0, 0.05) is 11.8 Å². The van der Waals surface area contributed by atoms with Crippen molar-refractivity contribution >= 4 is 5.78 Å². The topological polar surface area (TPSA) is 17.1 Å². The van der Waals surface area contributed by atoms with Crippen LogP contribution in [0.3, 0.4) is 0 Å². The van der Waals surface area contributed by atoms with Crippen molar-refractivity contribution in [1.82, 2.24) is 0 Å². The molecule has 12 heavy (non-hydrogen) atoms. The normalized spacial score (nSPS) is 40.4. The molecule has 0 aromatic heterocycles. The fourth-order valence-electron chi connectivity index (χ4n) is 2.31. The zero-order valence-corrected chi connectivity index (χ0v) is 8.90. The Hall–Kier alpha value is -0.330. The first kappa shape index (κ1) is 9.76. The van der Waals surface area contributed by atoms with Gasteiger partial charge in [-0.3, -0.25) is 4.79 Å². The van der Waals surface area contributed by atoms with Gasteiger partial charge in [0.1, 0.15) is 5.78 Å². The van der Waals surface area contributed by atoms with Crippen LogP contribution in [-0.4, -0.2) is 5.78 Å². The zero-order valence-electron chi connectivity index (χ0n) is 8.90. The van der Waals surface area contributed by atoms with Crippen LogP contribution in [0.5, 0.6) is 0 Å². The number of rotatable bonds is 1. The second-order valence-corrected chi connectivity index (χ2v) is 4.94. The summed E-state index contributed by atoms with van der Waals surface area (Å²) < 4.78 is 0. The van der Waals surface area contributed by atoms with Gasteiger partial charge in [-0.2, -0.15) is 0 Å². The minimum atomic E-state index is -0.0770. The SMILES string of the molecule is CCC1(C)C(=O)C[C@@H](C)C1(C)C. The van der Waals surface area contributed by atoms with E-state index in [4.69, 9.17) is 0 Å². The minimum absolute atomic E-state index is 0.0770. The van der Waals surface area contributed by atoms with Gasteiger partial charge in [0.2, 0.25) is 0 Å². The van der Waals surface area contributed by atoms with E-state index in [1.165, 1.54) is 0 Å². The molecule has 0 radical (unpaired) electrons. The highest BCUT2D eigenvalue weighted by Gasteiger charge is 2.54. The van der Waals surface area contributed by atoms with E-state index in [-0.39, 0.29) is 10.8 Å². The van der Waals surface area contributed by atoms with Gasteiger partial charge in [0.15, 0.2) is 0 Å². The lowest BCUT2D eigenvalue weighted by Crippen LogP contribution is -2.36. The molecule has 0 heterocycles. The largest absolute Gasteiger partial charge is 0.299 e. The maximum Gasteiger partial charge on any atom is 0.139 e. The number of carbonyl (C=O) groups is 1. The average molecular weight is 168 g/mol. The van der Waals surface area contributed by atoms with Crippen molar-refractivity contribution in [3.05, 3.63) is 0 Å². The molecule has 2 atom stereocenters. The second-order valence-electron chi connectivity index (χ2n) is 4.94. The predicted molar refractivity (Wildman–Crippen MR) is 51.0 cm³/mol. The fourth-order valence-corrected chi connectivity index (χ4v) is 2.31. The molecular weight excluding hydrogens is 148 g/mol. The summed E-state index contributed by atoms with van der Waals surface area (Å²) in [6.45, 7) is 10.9. The summed E-state index contributed by atoms with van der Waals surface area (Å²) in [5, 5.41) is 0. The molecule has 1 heteroatoms. The molecule has 0 aromatic carbocycles. The van der Waals surface area contributed by atoms with E-state index in [1.54, 1.807) is 0 Å². The van der Waals surface area contributed by atoms with E-state index in [0.29, 0.717) is 11.7 Å². The van der Waals surface area contributed by atoms with Crippen molar-refractivity contribution in [1.29, 1.82) is 0 Å². The summed E-state index contributed by atoms with van der Waals surface area (Å²) in [7, 11) is 0. The Morgan fingerprint density at radius 2 is 1.92 bits per heavy atom. The van der Waals surface area contributed by atoms with Crippen LogP contribution in [0.15, 0.2) is 0 Å². The third-order valence-electron chi connectivity index (χ3n) is 4.47. The molecule has 0 bridgehead atoms. The average Bonchev–Trinajstić information content (AvgIpc) is 2.14. The van der Waals surface area contributed by atoms with Gasteiger partial charge in [0.25, 0.3) is 0 Å². The highest BCUT2D eigenvalue weighted by Crippen LogP contribution is 2.55. The molecule has 0 N–H and O–H groups in total. The van der Waals surface area contributed by atoms with Gasteiger partial charge in [-0.25, -0.2) is 0 Å². The van der Waals surface area contributed by atoms with Crippen LogP contribution < -0.4 is 0 Å². The first-order valence-electron chi connectivity index (χ1n) is 4.89. The van der Waals surface area contributed by atoms with Gasteiger partial charge in [-0.15, -0.1) is 0 Å². The zero-order chi connectivity index (χ0) is 9.57. The molecule has 1 fully saturated rings. The van der Waals surface area contributed by atoms with Gasteiger partial charge >= 0.3 is 0 Å². The number of carbonyl (C=O) groups excluding carboxylic acids is 1.